The molecule has 0 bridgehead atoms. The maximum Gasteiger partial charge on any atom is 0.125 e. The van der Waals surface area contributed by atoms with Crippen LogP contribution in [-0.2, 0) is 0 Å². The number of hydrogen-bond acceptors (Lipinski definition) is 3. The van der Waals surface area contributed by atoms with E-state index in [1.807, 2.05) is 40.7 Å². The van der Waals surface area contributed by atoms with Gasteiger partial charge < -0.3 is 15.3 Å². The Bertz CT molecular complexity index is 1030. The van der Waals surface area contributed by atoms with Gasteiger partial charge in [-0.2, -0.15) is 0 Å². The molecule has 1 heterocycles. The van der Waals surface area contributed by atoms with Crippen LogP contribution in [0.1, 0.15) is 93.2 Å². The van der Waals surface area contributed by atoms with E-state index >= 15 is 0 Å². The van der Waals surface area contributed by atoms with E-state index in [1.54, 1.807) is 49.5 Å². The van der Waals surface area contributed by atoms with Crippen molar-refractivity contribution < 1.29 is 9.50 Å². The molecule has 0 aromatic heterocycles. The molecule has 218 valence electrons. The average molecular weight is 539 g/mol. The summed E-state index contributed by atoms with van der Waals surface area (Å²) in [5.74, 6) is 0.423. The minimum absolute atomic E-state index is 0.101. The van der Waals surface area contributed by atoms with Crippen molar-refractivity contribution in [3.8, 4) is 18.6 Å². The Kier molecular flexibility index (Phi) is 17.1. The van der Waals surface area contributed by atoms with E-state index in [1.165, 1.54) is 12.8 Å². The highest BCUT2D eigenvalue weighted by Crippen LogP contribution is 2.33. The highest BCUT2D eigenvalue weighted by molar-refractivity contribution is 5.80. The Morgan fingerprint density at radius 2 is 1.56 bits per heavy atom. The van der Waals surface area contributed by atoms with Gasteiger partial charge in [-0.05, 0) is 90.0 Å². The zero-order chi connectivity index (χ0) is 31.1. The number of nitrogens with zero attached hydrogens (tertiary/aromatic N) is 1. The van der Waals surface area contributed by atoms with Gasteiger partial charge in [-0.25, -0.2) is 4.39 Å². The molecule has 1 aliphatic heterocycles. The smallest absolute Gasteiger partial charge is 0.125 e. The Morgan fingerprint density at radius 1 is 1.08 bits per heavy atom. The molecule has 0 spiro atoms. The number of phenolic OH excluding ortho intramolecular Hbond substituents is 1. The minimum Gasteiger partial charge on any atom is -0.507 e. The standard InChI is InChI=1S/C21H26FNO.C10H21N.C2H6.C2H2/c1-8-17(14(2)3)11-15(4)19-10-9-18(12-21(19)24)20(16(5)22)13-23(6)7;1-8-6-9(2,3)11-10(4,5)7-8;2*1-2/h8-13,24H,1,5H2,2-4,6-7H3;8,11H,6-7H2,1-5H3;1-2H3;1-2H/b15-11+,20-13+;;;. The van der Waals surface area contributed by atoms with E-state index in [4.69, 9.17) is 0 Å². The zero-order valence-corrected chi connectivity index (χ0v) is 26.8. The van der Waals surface area contributed by atoms with Crippen molar-refractivity contribution in [1.82, 2.24) is 10.2 Å². The van der Waals surface area contributed by atoms with Crippen LogP contribution in [0.5, 0.6) is 5.75 Å². The van der Waals surface area contributed by atoms with Crippen molar-refractivity contribution in [3.05, 3.63) is 77.8 Å². The van der Waals surface area contributed by atoms with Crippen LogP contribution in [0, 0.1) is 18.8 Å². The molecular weight excluding hydrogens is 483 g/mol. The fourth-order valence-electron chi connectivity index (χ4n) is 5.14. The van der Waals surface area contributed by atoms with Crippen molar-refractivity contribution in [2.45, 2.75) is 93.2 Å². The highest BCUT2D eigenvalue weighted by atomic mass is 19.1. The van der Waals surface area contributed by atoms with Crippen molar-refractivity contribution >= 4 is 11.1 Å². The Morgan fingerprint density at radius 3 is 1.90 bits per heavy atom. The summed E-state index contributed by atoms with van der Waals surface area (Å²) in [5, 5.41) is 14.0. The molecule has 0 unspecified atom stereocenters. The fraction of sp³-hybridized carbons (Fsp3) is 0.486. The number of hydrogen-bond donors (Lipinski definition) is 2. The molecule has 39 heavy (non-hydrogen) atoms. The van der Waals surface area contributed by atoms with Gasteiger partial charge in [0, 0.05) is 42.5 Å². The van der Waals surface area contributed by atoms with Gasteiger partial charge >= 0.3 is 0 Å². The Balaban J connectivity index is 0. The van der Waals surface area contributed by atoms with Gasteiger partial charge in [0.15, 0.2) is 0 Å². The van der Waals surface area contributed by atoms with Crippen LogP contribution in [0.25, 0.3) is 11.1 Å². The summed E-state index contributed by atoms with van der Waals surface area (Å²) in [5.41, 5.74) is 5.37. The van der Waals surface area contributed by atoms with E-state index in [9.17, 15) is 9.50 Å². The second-order valence-corrected chi connectivity index (χ2v) is 11.5. The minimum atomic E-state index is -0.540. The largest absolute Gasteiger partial charge is 0.507 e. The zero-order valence-electron chi connectivity index (χ0n) is 26.8. The topological polar surface area (TPSA) is 35.5 Å². The van der Waals surface area contributed by atoms with Gasteiger partial charge in [0.1, 0.15) is 11.6 Å². The Hall–Kier alpha value is -3.03. The number of nitrogens with one attached hydrogen (secondary N) is 1. The molecule has 1 saturated heterocycles. The Labute approximate surface area is 240 Å². The summed E-state index contributed by atoms with van der Waals surface area (Å²) in [4.78, 5) is 1.74. The molecule has 1 aromatic rings. The number of benzene rings is 1. The summed E-state index contributed by atoms with van der Waals surface area (Å²) < 4.78 is 13.7. The van der Waals surface area contributed by atoms with Gasteiger partial charge in [0.25, 0.3) is 0 Å². The number of phenols is 1. The molecule has 1 fully saturated rings. The average Bonchev–Trinajstić information content (AvgIpc) is 2.81. The monoisotopic (exact) mass is 538 g/mol. The summed E-state index contributed by atoms with van der Waals surface area (Å²) in [6, 6.07) is 5.13. The molecule has 3 nitrogen and oxygen atoms in total. The van der Waals surface area contributed by atoms with Crippen LogP contribution >= 0.6 is 0 Å². The highest BCUT2D eigenvalue weighted by Gasteiger charge is 2.35. The summed E-state index contributed by atoms with van der Waals surface area (Å²) >= 11 is 0. The lowest BCUT2D eigenvalue weighted by atomic mass is 9.77. The van der Waals surface area contributed by atoms with Crippen LogP contribution in [0.3, 0.4) is 0 Å². The number of halogens is 1. The fourth-order valence-corrected chi connectivity index (χ4v) is 5.14. The first kappa shape index (κ1) is 38.1. The maximum atomic E-state index is 13.7. The van der Waals surface area contributed by atoms with Crippen molar-refractivity contribution in [2.75, 3.05) is 14.1 Å². The first-order chi connectivity index (χ1) is 18.0. The lowest BCUT2D eigenvalue weighted by Gasteiger charge is -2.45. The van der Waals surface area contributed by atoms with E-state index in [2.05, 4.69) is 65.9 Å². The number of terminal acetylenes is 1. The number of piperidine rings is 1. The maximum absolute atomic E-state index is 13.7. The SMILES string of the molecule is C#C.C=CC(/C=C(\C)c1ccc(/C(=C/N(C)C)C(=C)F)cc1O)=C(C)C.CC.CC1CC(C)(C)NC(C)(C)C1. The first-order valence-corrected chi connectivity index (χ1v) is 13.7. The third-order valence-electron chi connectivity index (χ3n) is 5.98. The molecule has 2 rings (SSSR count). The molecule has 1 aliphatic rings. The number of aromatic hydroxyl groups is 1. The normalized spacial score (nSPS) is 16.1. The van der Waals surface area contributed by atoms with Gasteiger partial charge in [0.2, 0.25) is 0 Å². The molecule has 0 saturated carbocycles. The van der Waals surface area contributed by atoms with E-state index in [0.29, 0.717) is 27.8 Å². The molecule has 1 aromatic carbocycles. The van der Waals surface area contributed by atoms with Gasteiger partial charge in [-0.15, -0.1) is 12.8 Å². The molecule has 0 atom stereocenters. The predicted molar refractivity (Wildman–Crippen MR) is 173 cm³/mol. The molecule has 4 heteroatoms. The van der Waals surface area contributed by atoms with Crippen LogP contribution in [0.15, 0.2) is 66.7 Å². The summed E-state index contributed by atoms with van der Waals surface area (Å²) in [6.07, 6.45) is 16.0. The molecular formula is C35H55FN2O. The quantitative estimate of drug-likeness (QED) is 0.280. The second-order valence-electron chi connectivity index (χ2n) is 11.5. The van der Waals surface area contributed by atoms with Crippen molar-refractivity contribution in [3.63, 3.8) is 0 Å². The lowest BCUT2D eigenvalue weighted by molar-refractivity contribution is 0.138. The number of allylic oxidation sites excluding steroid dienone is 7. The second kappa shape index (κ2) is 17.5. The molecule has 2 N–H and O–H groups in total. The van der Waals surface area contributed by atoms with E-state index in [0.717, 1.165) is 22.6 Å². The van der Waals surface area contributed by atoms with E-state index < -0.39 is 5.83 Å². The third kappa shape index (κ3) is 14.1. The number of rotatable bonds is 6. The lowest BCUT2D eigenvalue weighted by Crippen LogP contribution is -2.57. The van der Waals surface area contributed by atoms with Crippen molar-refractivity contribution in [2.24, 2.45) is 5.92 Å². The summed E-state index contributed by atoms with van der Waals surface area (Å²) in [7, 11) is 3.61. The van der Waals surface area contributed by atoms with Gasteiger partial charge in [-0.1, -0.05) is 63.8 Å². The van der Waals surface area contributed by atoms with Crippen LogP contribution in [0.4, 0.5) is 4.39 Å². The van der Waals surface area contributed by atoms with E-state index in [-0.39, 0.29) is 5.75 Å². The van der Waals surface area contributed by atoms with Crippen LogP contribution in [0.2, 0.25) is 0 Å². The third-order valence-corrected chi connectivity index (χ3v) is 5.98. The van der Waals surface area contributed by atoms with Crippen LogP contribution in [-0.4, -0.2) is 35.2 Å². The van der Waals surface area contributed by atoms with Gasteiger partial charge in [0.05, 0.1) is 0 Å². The predicted octanol–water partition coefficient (Wildman–Crippen LogP) is 9.54. The summed E-state index contributed by atoms with van der Waals surface area (Å²) in [6.45, 7) is 28.7. The van der Waals surface area contributed by atoms with Gasteiger partial charge in [-0.3, -0.25) is 0 Å². The van der Waals surface area contributed by atoms with Crippen LogP contribution < -0.4 is 5.32 Å². The molecule has 0 amide bonds. The molecule has 0 aliphatic carbocycles. The first-order valence-electron chi connectivity index (χ1n) is 13.7. The molecule has 0 radical (unpaired) electrons. The van der Waals surface area contributed by atoms with Crippen molar-refractivity contribution in [1.29, 1.82) is 0 Å².